The summed E-state index contributed by atoms with van der Waals surface area (Å²) in [5.74, 6) is -0.755. The van der Waals surface area contributed by atoms with E-state index in [2.05, 4.69) is 20.8 Å². The Morgan fingerprint density at radius 3 is 2.00 bits per heavy atom. The number of hydrogen-bond acceptors (Lipinski definition) is 2. The van der Waals surface area contributed by atoms with Gasteiger partial charge in [0.25, 0.3) is 0 Å². The Labute approximate surface area is 130 Å². The number of nitrogens with zero attached hydrogens (tertiary/aromatic N) is 1. The van der Waals surface area contributed by atoms with Crippen LogP contribution >= 0.6 is 0 Å². The molecule has 0 amide bonds. The molecule has 0 aliphatic carbocycles. The van der Waals surface area contributed by atoms with Crippen LogP contribution in [0, 0.1) is 0 Å². The molecule has 0 aliphatic rings. The van der Waals surface area contributed by atoms with Crippen LogP contribution in [0.5, 0.6) is 0 Å². The monoisotopic (exact) mass is 302 g/mol. The first-order valence-electron chi connectivity index (χ1n) is 8.70. The Morgan fingerprint density at radius 1 is 1.00 bits per heavy atom. The van der Waals surface area contributed by atoms with Gasteiger partial charge in [0.05, 0.1) is 13.1 Å². The van der Waals surface area contributed by atoms with E-state index in [1.807, 2.05) is 0 Å². The highest BCUT2D eigenvalue weighted by atomic mass is 16.4. The first-order valence-corrected chi connectivity index (χ1v) is 8.70. The molecule has 21 heavy (non-hydrogen) atoms. The van der Waals surface area contributed by atoms with Crippen LogP contribution in [0.25, 0.3) is 0 Å². The van der Waals surface area contributed by atoms with E-state index in [1.54, 1.807) is 6.92 Å². The molecular weight excluding hydrogens is 266 g/mol. The van der Waals surface area contributed by atoms with Crippen LogP contribution in [0.15, 0.2) is 0 Å². The van der Waals surface area contributed by atoms with E-state index in [0.29, 0.717) is 11.0 Å². The van der Waals surface area contributed by atoms with Gasteiger partial charge >= 0.3 is 5.97 Å². The molecule has 0 radical (unpaired) electrons. The molecule has 0 saturated carbocycles. The van der Waals surface area contributed by atoms with Gasteiger partial charge in [-0.15, -0.1) is 0 Å². The van der Waals surface area contributed by atoms with Crippen molar-refractivity contribution in [1.29, 1.82) is 0 Å². The minimum Gasteiger partial charge on any atom is -0.477 e. The van der Waals surface area contributed by atoms with Crippen molar-refractivity contribution in [3.63, 3.8) is 0 Å². The van der Waals surface area contributed by atoms with E-state index in [-0.39, 0.29) is 6.10 Å². The molecule has 0 aromatic carbocycles. The van der Waals surface area contributed by atoms with E-state index in [1.165, 1.54) is 12.8 Å². The molecule has 4 heteroatoms. The van der Waals surface area contributed by atoms with Crippen LogP contribution in [0.1, 0.15) is 72.6 Å². The lowest BCUT2D eigenvalue weighted by Gasteiger charge is -2.43. The topological polar surface area (TPSA) is 57.5 Å². The lowest BCUT2D eigenvalue weighted by Crippen LogP contribution is -2.61. The summed E-state index contributed by atoms with van der Waals surface area (Å²) in [7, 11) is 0. The minimum atomic E-state index is -0.755. The summed E-state index contributed by atoms with van der Waals surface area (Å²) in [6.07, 6.45) is 6.89. The fourth-order valence-corrected chi connectivity index (χ4v) is 3.28. The number of aliphatic carboxylic acids is 1. The maximum Gasteiger partial charge on any atom is 0.362 e. The van der Waals surface area contributed by atoms with E-state index in [0.717, 1.165) is 45.2 Å². The summed E-state index contributed by atoms with van der Waals surface area (Å²) in [6.45, 7) is 10.4. The maximum atomic E-state index is 11.5. The third-order valence-corrected chi connectivity index (χ3v) is 4.48. The summed E-state index contributed by atoms with van der Waals surface area (Å²) >= 11 is 0. The summed E-state index contributed by atoms with van der Waals surface area (Å²) in [4.78, 5) is 11.5. The third-order valence-electron chi connectivity index (χ3n) is 4.48. The molecule has 0 aromatic rings. The number of hydrogen-bond donors (Lipinski definition) is 2. The number of quaternary nitrogens is 1. The maximum absolute atomic E-state index is 11.5. The van der Waals surface area contributed by atoms with Crippen LogP contribution in [-0.4, -0.2) is 52.4 Å². The zero-order chi connectivity index (χ0) is 16.3. The van der Waals surface area contributed by atoms with Gasteiger partial charge in [-0.25, -0.2) is 4.79 Å². The standard InChI is InChI=1S/C17H35NO3/c1-5-8-9-10-11-16(19)14-18(12-6-2,13-7-3)15(4)17(20)21/h15-16,19H,5-14H2,1-4H3/p+1. The number of aliphatic hydroxyl groups is 1. The Morgan fingerprint density at radius 2 is 1.57 bits per heavy atom. The second-order valence-corrected chi connectivity index (χ2v) is 6.37. The zero-order valence-corrected chi connectivity index (χ0v) is 14.5. The minimum absolute atomic E-state index is 0.387. The van der Waals surface area contributed by atoms with Crippen molar-refractivity contribution in [2.75, 3.05) is 19.6 Å². The molecule has 2 N–H and O–H groups in total. The highest BCUT2D eigenvalue weighted by molar-refractivity contribution is 5.71. The van der Waals surface area contributed by atoms with Gasteiger partial charge in [-0.1, -0.05) is 46.5 Å². The predicted octanol–water partition coefficient (Wildman–Crippen LogP) is 3.43. The van der Waals surface area contributed by atoms with E-state index < -0.39 is 12.0 Å². The highest BCUT2D eigenvalue weighted by Crippen LogP contribution is 2.20. The molecule has 4 nitrogen and oxygen atoms in total. The van der Waals surface area contributed by atoms with Crippen molar-refractivity contribution in [3.05, 3.63) is 0 Å². The second kappa shape index (κ2) is 11.0. The van der Waals surface area contributed by atoms with E-state index in [4.69, 9.17) is 0 Å². The average molecular weight is 302 g/mol. The molecule has 0 aliphatic heterocycles. The second-order valence-electron chi connectivity index (χ2n) is 6.37. The average Bonchev–Trinajstić information content (AvgIpc) is 2.43. The van der Waals surface area contributed by atoms with Gasteiger partial charge in [0.2, 0.25) is 0 Å². The van der Waals surface area contributed by atoms with Gasteiger partial charge in [-0.2, -0.15) is 0 Å². The number of carboxylic acids is 1. The number of unbranched alkanes of at least 4 members (excludes halogenated alkanes) is 3. The van der Waals surface area contributed by atoms with Crippen molar-refractivity contribution in [1.82, 2.24) is 0 Å². The summed E-state index contributed by atoms with van der Waals surface area (Å²) in [6, 6.07) is -0.449. The van der Waals surface area contributed by atoms with E-state index >= 15 is 0 Å². The van der Waals surface area contributed by atoms with Crippen molar-refractivity contribution >= 4 is 5.97 Å². The molecule has 2 unspecified atom stereocenters. The fraction of sp³-hybridized carbons (Fsp3) is 0.941. The molecule has 126 valence electrons. The molecule has 0 spiro atoms. The summed E-state index contributed by atoms with van der Waals surface area (Å²) < 4.78 is 0.511. The molecular formula is C17H36NO3+. The van der Waals surface area contributed by atoms with Crippen LogP contribution in [0.4, 0.5) is 0 Å². The van der Waals surface area contributed by atoms with Gasteiger partial charge in [0.15, 0.2) is 6.04 Å². The largest absolute Gasteiger partial charge is 0.477 e. The van der Waals surface area contributed by atoms with Crippen LogP contribution in [0.2, 0.25) is 0 Å². The lowest BCUT2D eigenvalue weighted by molar-refractivity contribution is -0.944. The lowest BCUT2D eigenvalue weighted by atomic mass is 10.0. The van der Waals surface area contributed by atoms with Crippen LogP contribution in [-0.2, 0) is 4.79 Å². The molecule has 0 bridgehead atoms. The summed E-state index contributed by atoms with van der Waals surface area (Å²) in [5.41, 5.74) is 0. The Hall–Kier alpha value is -0.610. The molecule has 0 saturated heterocycles. The van der Waals surface area contributed by atoms with Gasteiger partial charge < -0.3 is 14.7 Å². The molecule has 0 heterocycles. The zero-order valence-electron chi connectivity index (χ0n) is 14.5. The van der Waals surface area contributed by atoms with Crippen molar-refractivity contribution < 1.29 is 19.5 Å². The quantitative estimate of drug-likeness (QED) is 0.405. The molecule has 2 atom stereocenters. The normalized spacial score (nSPS) is 14.9. The SMILES string of the molecule is CCCCCCC(O)C[N+](CCC)(CCC)C(C)C(=O)O. The fourth-order valence-electron chi connectivity index (χ4n) is 3.28. The molecule has 0 aromatic heterocycles. The molecule has 0 rings (SSSR count). The van der Waals surface area contributed by atoms with Crippen LogP contribution in [0.3, 0.4) is 0 Å². The Kier molecular flexibility index (Phi) is 10.7. The van der Waals surface area contributed by atoms with E-state index in [9.17, 15) is 15.0 Å². The van der Waals surface area contributed by atoms with Crippen molar-refractivity contribution in [2.45, 2.75) is 84.8 Å². The van der Waals surface area contributed by atoms with Gasteiger partial charge in [-0.05, 0) is 26.2 Å². The highest BCUT2D eigenvalue weighted by Gasteiger charge is 2.38. The van der Waals surface area contributed by atoms with Crippen molar-refractivity contribution in [2.24, 2.45) is 0 Å². The first kappa shape index (κ1) is 20.4. The predicted molar refractivity (Wildman–Crippen MR) is 87.3 cm³/mol. The van der Waals surface area contributed by atoms with Crippen LogP contribution < -0.4 is 0 Å². The summed E-state index contributed by atoms with van der Waals surface area (Å²) in [5, 5.41) is 19.8. The number of carbonyl (C=O) groups is 1. The Balaban J connectivity index is 4.74. The Bertz CT molecular complexity index is 275. The van der Waals surface area contributed by atoms with Gasteiger partial charge in [-0.3, -0.25) is 0 Å². The number of aliphatic hydroxyl groups excluding tert-OH is 1. The van der Waals surface area contributed by atoms with Gasteiger partial charge in [0, 0.05) is 0 Å². The smallest absolute Gasteiger partial charge is 0.362 e. The van der Waals surface area contributed by atoms with Gasteiger partial charge in [0.1, 0.15) is 12.6 Å². The van der Waals surface area contributed by atoms with Crippen molar-refractivity contribution in [3.8, 4) is 0 Å². The molecule has 0 fully saturated rings. The third kappa shape index (κ3) is 7.28. The first-order chi connectivity index (χ1) is 9.93. The number of rotatable bonds is 13. The number of carboxylic acid groups (broad SMARTS) is 1.